The van der Waals surface area contributed by atoms with Gasteiger partial charge >= 0.3 is 12.1 Å². The highest BCUT2D eigenvalue weighted by Gasteiger charge is 2.53. The molecule has 0 aromatic heterocycles. The van der Waals surface area contributed by atoms with Gasteiger partial charge in [-0.15, -0.1) is 0 Å². The third-order valence-corrected chi connectivity index (χ3v) is 7.69. The van der Waals surface area contributed by atoms with Crippen LogP contribution in [0.4, 0.5) is 4.79 Å². The van der Waals surface area contributed by atoms with Crippen LogP contribution in [0.2, 0.25) is 0 Å². The van der Waals surface area contributed by atoms with Gasteiger partial charge in [-0.2, -0.15) is 0 Å². The predicted octanol–water partition coefficient (Wildman–Crippen LogP) is 4.02. The first-order valence-corrected chi connectivity index (χ1v) is 11.9. The molecule has 2 aromatic carbocycles. The lowest BCUT2D eigenvalue weighted by Crippen LogP contribution is -2.49. The van der Waals surface area contributed by atoms with Crippen molar-refractivity contribution < 1.29 is 24.2 Å². The normalized spacial score (nSPS) is 22.9. The molecule has 34 heavy (non-hydrogen) atoms. The van der Waals surface area contributed by atoms with E-state index in [1.54, 1.807) is 18.7 Å². The minimum Gasteiger partial charge on any atom is -0.481 e. The van der Waals surface area contributed by atoms with Crippen LogP contribution >= 0.6 is 0 Å². The molecular formula is C27H30N2O5. The van der Waals surface area contributed by atoms with Gasteiger partial charge in [-0.05, 0) is 55.4 Å². The summed E-state index contributed by atoms with van der Waals surface area (Å²) in [6, 6.07) is 16.0. The van der Waals surface area contributed by atoms with Crippen LogP contribution < -0.4 is 5.32 Å². The zero-order valence-corrected chi connectivity index (χ0v) is 19.5. The van der Waals surface area contributed by atoms with E-state index in [-0.39, 0.29) is 37.1 Å². The molecule has 3 aliphatic rings. The van der Waals surface area contributed by atoms with Crippen LogP contribution in [0.3, 0.4) is 0 Å². The van der Waals surface area contributed by atoms with Gasteiger partial charge in [-0.3, -0.25) is 9.59 Å². The van der Waals surface area contributed by atoms with Gasteiger partial charge in [0.1, 0.15) is 6.61 Å². The zero-order valence-electron chi connectivity index (χ0n) is 19.5. The van der Waals surface area contributed by atoms with Gasteiger partial charge in [0, 0.05) is 24.5 Å². The second-order valence-electron chi connectivity index (χ2n) is 10.3. The summed E-state index contributed by atoms with van der Waals surface area (Å²) in [6.45, 7) is 3.90. The number of ether oxygens (including phenoxy) is 1. The number of amides is 2. The average Bonchev–Trinajstić information content (AvgIpc) is 3.50. The van der Waals surface area contributed by atoms with Gasteiger partial charge < -0.3 is 20.1 Å². The molecule has 2 N–H and O–H groups in total. The highest BCUT2D eigenvalue weighted by atomic mass is 16.5. The lowest BCUT2D eigenvalue weighted by molar-refractivity contribution is -0.145. The number of carbonyl (C=O) groups excluding carboxylic acids is 2. The average molecular weight is 463 g/mol. The predicted molar refractivity (Wildman–Crippen MR) is 126 cm³/mol. The summed E-state index contributed by atoms with van der Waals surface area (Å²) in [6.07, 6.45) is 1.52. The Kier molecular flexibility index (Phi) is 5.58. The zero-order chi connectivity index (χ0) is 24.0. The fourth-order valence-corrected chi connectivity index (χ4v) is 5.94. The Hall–Kier alpha value is -3.35. The number of carbonyl (C=O) groups is 3. The Balaban J connectivity index is 1.19. The van der Waals surface area contributed by atoms with Crippen LogP contribution in [0.5, 0.6) is 0 Å². The fraction of sp³-hybridized carbons (Fsp3) is 0.444. The molecule has 2 aromatic rings. The van der Waals surface area contributed by atoms with Crippen LogP contribution in [0, 0.1) is 11.3 Å². The lowest BCUT2D eigenvalue weighted by atomic mass is 9.89. The van der Waals surface area contributed by atoms with Gasteiger partial charge in [0.05, 0.1) is 11.3 Å². The van der Waals surface area contributed by atoms with E-state index in [9.17, 15) is 19.5 Å². The Bertz CT molecular complexity index is 1100. The number of nitrogens with one attached hydrogen (secondary N) is 1. The maximum atomic E-state index is 13.3. The molecule has 2 aliphatic heterocycles. The molecule has 7 heteroatoms. The van der Waals surface area contributed by atoms with Gasteiger partial charge in [-0.1, -0.05) is 48.5 Å². The number of benzene rings is 2. The van der Waals surface area contributed by atoms with E-state index in [1.165, 1.54) is 11.1 Å². The quantitative estimate of drug-likeness (QED) is 0.676. The molecule has 3 unspecified atom stereocenters. The number of hydrogen-bond acceptors (Lipinski definition) is 4. The van der Waals surface area contributed by atoms with Crippen molar-refractivity contribution in [3.05, 3.63) is 59.7 Å². The molecule has 0 spiro atoms. The molecule has 2 fully saturated rings. The number of aliphatic carboxylic acids is 1. The largest absolute Gasteiger partial charge is 0.481 e. The number of fused-ring (bicyclic) bond motifs is 5. The van der Waals surface area contributed by atoms with Crippen LogP contribution in [0.1, 0.15) is 50.2 Å². The highest BCUT2D eigenvalue weighted by Crippen LogP contribution is 2.45. The highest BCUT2D eigenvalue weighted by molar-refractivity contribution is 5.85. The number of nitrogens with zero attached hydrogens (tertiary/aromatic N) is 1. The Morgan fingerprint density at radius 3 is 2.24 bits per heavy atom. The molecule has 2 saturated heterocycles. The van der Waals surface area contributed by atoms with E-state index in [4.69, 9.17) is 4.74 Å². The minimum absolute atomic E-state index is 0.0210. The second kappa shape index (κ2) is 8.46. The van der Waals surface area contributed by atoms with E-state index in [0.717, 1.165) is 24.0 Å². The van der Waals surface area contributed by atoms with Crippen molar-refractivity contribution in [1.29, 1.82) is 0 Å². The SMILES string of the molecule is CC(C)(CNC(=O)OCC1c2ccccc2-c2ccccc21)C(=O)N1C2CCC1C(C(=O)O)C2. The van der Waals surface area contributed by atoms with E-state index in [0.29, 0.717) is 6.42 Å². The van der Waals surface area contributed by atoms with Crippen LogP contribution in [0.15, 0.2) is 48.5 Å². The molecule has 7 nitrogen and oxygen atoms in total. The summed E-state index contributed by atoms with van der Waals surface area (Å²) in [5.74, 6) is -1.46. The van der Waals surface area contributed by atoms with Crippen molar-refractivity contribution in [1.82, 2.24) is 10.2 Å². The van der Waals surface area contributed by atoms with E-state index >= 15 is 0 Å². The van der Waals surface area contributed by atoms with E-state index in [2.05, 4.69) is 29.6 Å². The Morgan fingerprint density at radius 2 is 1.65 bits per heavy atom. The number of hydrogen-bond donors (Lipinski definition) is 2. The third kappa shape index (κ3) is 3.73. The summed E-state index contributed by atoms with van der Waals surface area (Å²) in [5, 5.41) is 12.2. The van der Waals surface area contributed by atoms with Gasteiger partial charge in [-0.25, -0.2) is 4.79 Å². The first-order valence-electron chi connectivity index (χ1n) is 11.9. The van der Waals surface area contributed by atoms with Gasteiger partial charge in [0.15, 0.2) is 0 Å². The Labute approximate surface area is 199 Å². The maximum absolute atomic E-state index is 13.3. The number of carboxylic acids is 1. The third-order valence-electron chi connectivity index (χ3n) is 7.69. The first kappa shape index (κ1) is 22.4. The molecule has 2 bridgehead atoms. The minimum atomic E-state index is -0.861. The summed E-state index contributed by atoms with van der Waals surface area (Å²) >= 11 is 0. The molecule has 2 heterocycles. The number of rotatable bonds is 6. The van der Waals surface area contributed by atoms with Crippen molar-refractivity contribution in [2.45, 2.75) is 51.1 Å². The smallest absolute Gasteiger partial charge is 0.407 e. The fourth-order valence-electron chi connectivity index (χ4n) is 5.94. The van der Waals surface area contributed by atoms with E-state index in [1.807, 2.05) is 24.3 Å². The first-order chi connectivity index (χ1) is 16.3. The van der Waals surface area contributed by atoms with Crippen molar-refractivity contribution in [2.24, 2.45) is 11.3 Å². The maximum Gasteiger partial charge on any atom is 0.407 e. The van der Waals surface area contributed by atoms with Crippen molar-refractivity contribution in [3.63, 3.8) is 0 Å². The van der Waals surface area contributed by atoms with Crippen molar-refractivity contribution in [3.8, 4) is 11.1 Å². The molecule has 0 saturated carbocycles. The summed E-state index contributed by atoms with van der Waals surface area (Å²) < 4.78 is 5.59. The van der Waals surface area contributed by atoms with Crippen LogP contribution in [-0.4, -0.2) is 53.2 Å². The number of alkyl carbamates (subject to hydrolysis) is 1. The Morgan fingerprint density at radius 1 is 1.03 bits per heavy atom. The molecule has 2 amide bonds. The van der Waals surface area contributed by atoms with Crippen LogP contribution in [-0.2, 0) is 14.3 Å². The topological polar surface area (TPSA) is 95.9 Å². The lowest BCUT2D eigenvalue weighted by Gasteiger charge is -2.32. The van der Waals surface area contributed by atoms with Crippen molar-refractivity contribution in [2.75, 3.05) is 13.2 Å². The molecule has 3 atom stereocenters. The molecule has 178 valence electrons. The summed E-state index contributed by atoms with van der Waals surface area (Å²) in [5.41, 5.74) is 3.76. The molecular weight excluding hydrogens is 432 g/mol. The summed E-state index contributed by atoms with van der Waals surface area (Å²) in [4.78, 5) is 39.2. The second-order valence-corrected chi connectivity index (χ2v) is 10.3. The number of carboxylic acid groups (broad SMARTS) is 1. The standard InChI is InChI=1S/C27H30N2O5/c1-27(2,25(32)29-16-11-12-23(29)21(13-16)24(30)31)15-28-26(33)34-14-22-19-9-5-3-7-17(19)18-8-4-6-10-20(18)22/h3-10,16,21-23H,11-15H2,1-2H3,(H,28,33)(H,30,31). The molecule has 0 radical (unpaired) electrons. The molecule has 1 aliphatic carbocycles. The summed E-state index contributed by atoms with van der Waals surface area (Å²) in [7, 11) is 0. The van der Waals surface area contributed by atoms with E-state index < -0.39 is 23.4 Å². The van der Waals surface area contributed by atoms with Crippen molar-refractivity contribution >= 4 is 18.0 Å². The van der Waals surface area contributed by atoms with Gasteiger partial charge in [0.2, 0.25) is 5.91 Å². The monoisotopic (exact) mass is 462 g/mol. The van der Waals surface area contributed by atoms with Crippen LogP contribution in [0.25, 0.3) is 11.1 Å². The molecule has 5 rings (SSSR count). The van der Waals surface area contributed by atoms with Gasteiger partial charge in [0.25, 0.3) is 0 Å².